The summed E-state index contributed by atoms with van der Waals surface area (Å²) >= 11 is 7.21. The van der Waals surface area contributed by atoms with Crippen LogP contribution < -0.4 is 5.32 Å². The molecule has 0 atom stereocenters. The Morgan fingerprint density at radius 3 is 2.81 bits per heavy atom. The summed E-state index contributed by atoms with van der Waals surface area (Å²) in [5.41, 5.74) is 1.00. The van der Waals surface area contributed by atoms with Crippen molar-refractivity contribution in [3.05, 3.63) is 65.2 Å². The number of hydrogen-bond acceptors (Lipinski definition) is 5. The molecule has 0 fully saturated rings. The zero-order valence-corrected chi connectivity index (χ0v) is 15.2. The van der Waals surface area contributed by atoms with Crippen LogP contribution in [0.15, 0.2) is 48.5 Å². The van der Waals surface area contributed by atoms with Crippen LogP contribution in [-0.2, 0) is 10.5 Å². The van der Waals surface area contributed by atoms with E-state index in [9.17, 15) is 9.18 Å². The van der Waals surface area contributed by atoms with E-state index >= 15 is 0 Å². The molecule has 9 heteroatoms. The van der Waals surface area contributed by atoms with Gasteiger partial charge in [-0.15, -0.1) is 5.10 Å². The number of tetrazole rings is 1. The molecule has 0 spiro atoms. The molecule has 2 aromatic carbocycles. The summed E-state index contributed by atoms with van der Waals surface area (Å²) < 4.78 is 15.3. The lowest BCUT2D eigenvalue weighted by atomic mass is 10.3. The first-order chi connectivity index (χ1) is 12.6. The van der Waals surface area contributed by atoms with E-state index in [0.29, 0.717) is 17.3 Å². The van der Waals surface area contributed by atoms with Gasteiger partial charge in [0.15, 0.2) is 5.82 Å². The van der Waals surface area contributed by atoms with Crippen molar-refractivity contribution in [2.24, 2.45) is 0 Å². The normalized spacial score (nSPS) is 10.7. The molecule has 0 bridgehead atoms. The van der Waals surface area contributed by atoms with E-state index in [4.69, 9.17) is 11.6 Å². The summed E-state index contributed by atoms with van der Waals surface area (Å²) in [7, 11) is 0. The van der Waals surface area contributed by atoms with Gasteiger partial charge in [0.25, 0.3) is 0 Å². The molecule has 134 valence electrons. The highest BCUT2D eigenvalue weighted by atomic mass is 35.5. The van der Waals surface area contributed by atoms with E-state index in [1.807, 2.05) is 30.3 Å². The van der Waals surface area contributed by atoms with Crippen molar-refractivity contribution in [1.82, 2.24) is 20.2 Å². The van der Waals surface area contributed by atoms with Gasteiger partial charge in [-0.25, -0.2) is 4.39 Å². The third kappa shape index (κ3) is 4.80. The van der Waals surface area contributed by atoms with Crippen LogP contribution in [-0.4, -0.2) is 31.9 Å². The van der Waals surface area contributed by atoms with Crippen molar-refractivity contribution in [3.8, 4) is 5.69 Å². The minimum atomic E-state index is -0.555. The predicted molar refractivity (Wildman–Crippen MR) is 100.0 cm³/mol. The largest absolute Gasteiger partial charge is 0.324 e. The Labute approximate surface area is 158 Å². The molecule has 1 heterocycles. The molecule has 6 nitrogen and oxygen atoms in total. The highest BCUT2D eigenvalue weighted by molar-refractivity contribution is 7.98. The van der Waals surface area contributed by atoms with Gasteiger partial charge in [-0.05, 0) is 40.8 Å². The van der Waals surface area contributed by atoms with Crippen molar-refractivity contribution in [3.63, 3.8) is 0 Å². The first-order valence-electron chi connectivity index (χ1n) is 7.79. The molecular formula is C17H15ClFN5OS. The van der Waals surface area contributed by atoms with Gasteiger partial charge < -0.3 is 5.32 Å². The molecule has 0 unspecified atom stereocenters. The SMILES string of the molecule is O=C(CCSCc1nnnn1-c1ccccc1)Nc1ccc(Cl)cc1F. The molecule has 0 radical (unpaired) electrons. The number of thioether (sulfide) groups is 1. The number of benzene rings is 2. The first kappa shape index (κ1) is 18.3. The summed E-state index contributed by atoms with van der Waals surface area (Å²) in [6.07, 6.45) is 0.250. The lowest BCUT2D eigenvalue weighted by molar-refractivity contribution is -0.115. The maximum absolute atomic E-state index is 13.7. The zero-order chi connectivity index (χ0) is 18.4. The molecule has 0 saturated carbocycles. The molecule has 1 N–H and O–H groups in total. The summed E-state index contributed by atoms with van der Waals surface area (Å²) in [5, 5.41) is 14.5. The highest BCUT2D eigenvalue weighted by Gasteiger charge is 2.10. The third-order valence-electron chi connectivity index (χ3n) is 3.44. The number of aromatic nitrogens is 4. The van der Waals surface area contributed by atoms with Gasteiger partial charge in [-0.3, -0.25) is 4.79 Å². The minimum absolute atomic E-state index is 0.123. The van der Waals surface area contributed by atoms with E-state index in [1.165, 1.54) is 23.9 Å². The predicted octanol–water partition coefficient (Wildman–Crippen LogP) is 3.72. The van der Waals surface area contributed by atoms with Gasteiger partial charge in [0, 0.05) is 17.2 Å². The summed E-state index contributed by atoms with van der Waals surface area (Å²) in [4.78, 5) is 11.9. The molecule has 1 amide bonds. The van der Waals surface area contributed by atoms with Crippen LogP contribution in [0.2, 0.25) is 5.02 Å². The van der Waals surface area contributed by atoms with Crippen LogP contribution in [0.25, 0.3) is 5.69 Å². The number of para-hydroxylation sites is 1. The quantitative estimate of drug-likeness (QED) is 0.621. The van der Waals surface area contributed by atoms with E-state index < -0.39 is 5.82 Å². The molecule has 1 aromatic heterocycles. The smallest absolute Gasteiger partial charge is 0.225 e. The molecule has 0 aliphatic heterocycles. The number of nitrogens with zero attached hydrogens (tertiary/aromatic N) is 4. The lowest BCUT2D eigenvalue weighted by Crippen LogP contribution is -2.13. The summed E-state index contributed by atoms with van der Waals surface area (Å²) in [5.74, 6) is 1.000. The monoisotopic (exact) mass is 391 g/mol. The van der Waals surface area contributed by atoms with Gasteiger partial charge >= 0.3 is 0 Å². The Hall–Kier alpha value is -2.45. The molecule has 26 heavy (non-hydrogen) atoms. The fraction of sp³-hybridized carbons (Fsp3) is 0.176. The van der Waals surface area contributed by atoms with E-state index in [2.05, 4.69) is 20.8 Å². The van der Waals surface area contributed by atoms with Crippen molar-refractivity contribution in [2.45, 2.75) is 12.2 Å². The topological polar surface area (TPSA) is 72.7 Å². The number of nitrogens with one attached hydrogen (secondary N) is 1. The van der Waals surface area contributed by atoms with Crippen LogP contribution in [0.1, 0.15) is 12.2 Å². The number of amides is 1. The van der Waals surface area contributed by atoms with Crippen LogP contribution in [0.4, 0.5) is 10.1 Å². The average molecular weight is 392 g/mol. The van der Waals surface area contributed by atoms with E-state index in [-0.39, 0.29) is 23.0 Å². The van der Waals surface area contributed by atoms with Gasteiger partial charge in [0.1, 0.15) is 5.82 Å². The van der Waals surface area contributed by atoms with Crippen molar-refractivity contribution < 1.29 is 9.18 Å². The first-order valence-corrected chi connectivity index (χ1v) is 9.32. The summed E-state index contributed by atoms with van der Waals surface area (Å²) in [6, 6.07) is 13.7. The van der Waals surface area contributed by atoms with E-state index in [1.54, 1.807) is 4.68 Å². The van der Waals surface area contributed by atoms with Crippen LogP contribution in [0.3, 0.4) is 0 Å². The van der Waals surface area contributed by atoms with Gasteiger partial charge in [0.05, 0.1) is 17.1 Å². The molecule has 0 aliphatic carbocycles. The standard InChI is InChI=1S/C17H15ClFN5OS/c18-12-6-7-15(14(19)10-12)20-17(25)8-9-26-11-16-21-22-23-24(16)13-4-2-1-3-5-13/h1-7,10H,8-9,11H2,(H,20,25). The van der Waals surface area contributed by atoms with Crippen LogP contribution in [0.5, 0.6) is 0 Å². The second-order valence-corrected chi connectivity index (χ2v) is 6.86. The van der Waals surface area contributed by atoms with Crippen molar-refractivity contribution in [1.29, 1.82) is 0 Å². The molecular weight excluding hydrogens is 377 g/mol. The Kier molecular flexibility index (Phi) is 6.19. The van der Waals surface area contributed by atoms with Gasteiger partial charge in [0.2, 0.25) is 5.91 Å². The zero-order valence-electron chi connectivity index (χ0n) is 13.6. The molecule has 3 rings (SSSR count). The minimum Gasteiger partial charge on any atom is -0.324 e. The Morgan fingerprint density at radius 2 is 2.04 bits per heavy atom. The van der Waals surface area contributed by atoms with E-state index in [0.717, 1.165) is 11.8 Å². The fourth-order valence-corrected chi connectivity index (χ4v) is 3.19. The molecule has 3 aromatic rings. The summed E-state index contributed by atoms with van der Waals surface area (Å²) in [6.45, 7) is 0. The molecule has 0 aliphatic rings. The van der Waals surface area contributed by atoms with Crippen LogP contribution >= 0.6 is 23.4 Å². The lowest BCUT2D eigenvalue weighted by Gasteiger charge is -2.07. The Balaban J connectivity index is 1.47. The van der Waals surface area contributed by atoms with Crippen LogP contribution in [0, 0.1) is 5.82 Å². The number of carbonyl (C=O) groups is 1. The Morgan fingerprint density at radius 1 is 1.23 bits per heavy atom. The second-order valence-electron chi connectivity index (χ2n) is 5.32. The maximum Gasteiger partial charge on any atom is 0.225 e. The highest BCUT2D eigenvalue weighted by Crippen LogP contribution is 2.19. The maximum atomic E-state index is 13.7. The number of halogens is 2. The fourth-order valence-electron chi connectivity index (χ4n) is 2.20. The van der Waals surface area contributed by atoms with Gasteiger partial charge in [-0.2, -0.15) is 16.4 Å². The molecule has 0 saturated heterocycles. The number of rotatable bonds is 7. The van der Waals surface area contributed by atoms with Crippen molar-refractivity contribution in [2.75, 3.05) is 11.1 Å². The second kappa shape index (κ2) is 8.77. The van der Waals surface area contributed by atoms with Gasteiger partial charge in [-0.1, -0.05) is 29.8 Å². The Bertz CT molecular complexity index is 890. The number of anilines is 1. The average Bonchev–Trinajstić information content (AvgIpc) is 3.10. The number of hydrogen-bond donors (Lipinski definition) is 1. The van der Waals surface area contributed by atoms with Crippen molar-refractivity contribution >= 4 is 35.0 Å². The number of carbonyl (C=O) groups excluding carboxylic acids is 1. The third-order valence-corrected chi connectivity index (χ3v) is 4.63.